The van der Waals surface area contributed by atoms with Crippen LogP contribution < -0.4 is 15.9 Å². The molecule has 0 bridgehead atoms. The zero-order chi connectivity index (χ0) is 24.7. The summed E-state index contributed by atoms with van der Waals surface area (Å²) in [5, 5.41) is 11.9. The molecule has 9 heteroatoms. The van der Waals surface area contributed by atoms with Gasteiger partial charge in [0, 0.05) is 21.4 Å². The molecule has 176 valence electrons. The molecule has 35 heavy (non-hydrogen) atoms. The molecule has 0 aliphatic carbocycles. The summed E-state index contributed by atoms with van der Waals surface area (Å²) in [6.07, 6.45) is 0. The Morgan fingerprint density at radius 3 is 2.57 bits per heavy atom. The van der Waals surface area contributed by atoms with Gasteiger partial charge in [-0.1, -0.05) is 35.5 Å². The van der Waals surface area contributed by atoms with Crippen LogP contribution in [0.2, 0.25) is 5.02 Å². The number of rotatable bonds is 5. The summed E-state index contributed by atoms with van der Waals surface area (Å²) in [6, 6.07) is 17.5. The molecular weight excluding hydrogens is 493 g/mol. The molecule has 0 spiro atoms. The normalized spacial score (nSPS) is 11.3. The van der Waals surface area contributed by atoms with E-state index >= 15 is 0 Å². The minimum absolute atomic E-state index is 0.0222. The van der Waals surface area contributed by atoms with Crippen molar-refractivity contribution in [1.82, 2.24) is 4.57 Å². The SMILES string of the molecule is COc1ccc2c3oc(=O)c(Sc4ccc(Cl)cc4)c(O)c3c(=O)n(Cc3cccc(F)c3)c2c1. The molecule has 0 amide bonds. The van der Waals surface area contributed by atoms with E-state index < -0.39 is 22.8 Å². The lowest BCUT2D eigenvalue weighted by Crippen LogP contribution is -2.23. The van der Waals surface area contributed by atoms with Crippen LogP contribution in [-0.2, 0) is 6.54 Å². The van der Waals surface area contributed by atoms with Gasteiger partial charge >= 0.3 is 5.63 Å². The van der Waals surface area contributed by atoms with Gasteiger partial charge in [0.25, 0.3) is 5.56 Å². The van der Waals surface area contributed by atoms with Crippen LogP contribution in [-0.4, -0.2) is 16.8 Å². The molecule has 5 aromatic rings. The summed E-state index contributed by atoms with van der Waals surface area (Å²) >= 11 is 6.90. The third-order valence-corrected chi connectivity index (χ3v) is 6.85. The minimum atomic E-state index is -0.783. The Morgan fingerprint density at radius 2 is 1.86 bits per heavy atom. The lowest BCUT2D eigenvalue weighted by atomic mass is 10.1. The first-order chi connectivity index (χ1) is 16.9. The second-order valence-electron chi connectivity index (χ2n) is 7.73. The fourth-order valence-electron chi connectivity index (χ4n) is 3.88. The summed E-state index contributed by atoms with van der Waals surface area (Å²) < 4.78 is 26.1. The Labute approximate surface area is 207 Å². The molecule has 0 aliphatic heterocycles. The van der Waals surface area contributed by atoms with Crippen molar-refractivity contribution in [2.24, 2.45) is 0 Å². The van der Waals surface area contributed by atoms with Crippen molar-refractivity contribution in [3.63, 3.8) is 0 Å². The van der Waals surface area contributed by atoms with Crippen molar-refractivity contribution in [3.05, 3.63) is 104 Å². The van der Waals surface area contributed by atoms with Crippen molar-refractivity contribution < 1.29 is 18.7 Å². The van der Waals surface area contributed by atoms with E-state index in [0.29, 0.717) is 32.1 Å². The summed E-state index contributed by atoms with van der Waals surface area (Å²) in [4.78, 5) is 27.1. The number of pyridine rings is 1. The Hall–Kier alpha value is -3.75. The minimum Gasteiger partial charge on any atom is -0.505 e. The number of aromatic hydroxyl groups is 1. The molecule has 0 radical (unpaired) electrons. The average Bonchev–Trinajstić information content (AvgIpc) is 2.85. The van der Waals surface area contributed by atoms with Crippen LogP contribution in [0.15, 0.2) is 90.5 Å². The third kappa shape index (κ3) is 4.26. The maximum Gasteiger partial charge on any atom is 0.354 e. The number of ether oxygens (including phenoxy) is 1. The second-order valence-corrected chi connectivity index (χ2v) is 9.25. The highest BCUT2D eigenvalue weighted by Crippen LogP contribution is 2.38. The van der Waals surface area contributed by atoms with Gasteiger partial charge in [0.15, 0.2) is 11.3 Å². The lowest BCUT2D eigenvalue weighted by molar-refractivity contribution is 0.415. The second kappa shape index (κ2) is 9.13. The Kier molecular flexibility index (Phi) is 6.00. The van der Waals surface area contributed by atoms with E-state index in [2.05, 4.69) is 0 Å². The van der Waals surface area contributed by atoms with Crippen LogP contribution in [0.5, 0.6) is 11.5 Å². The quantitative estimate of drug-likeness (QED) is 0.301. The molecule has 0 fully saturated rings. The first-order valence-electron chi connectivity index (χ1n) is 10.4. The van der Waals surface area contributed by atoms with Gasteiger partial charge in [0.2, 0.25) is 0 Å². The molecular formula is C26H17ClFNO5S. The maximum atomic E-state index is 13.8. The highest BCUT2D eigenvalue weighted by molar-refractivity contribution is 7.99. The summed E-state index contributed by atoms with van der Waals surface area (Å²) in [6.45, 7) is 0.0222. The number of hydrogen-bond acceptors (Lipinski definition) is 6. The first-order valence-corrected chi connectivity index (χ1v) is 11.6. The van der Waals surface area contributed by atoms with Gasteiger partial charge in [-0.15, -0.1) is 0 Å². The van der Waals surface area contributed by atoms with Gasteiger partial charge in [0.1, 0.15) is 21.8 Å². The van der Waals surface area contributed by atoms with Crippen molar-refractivity contribution >= 4 is 45.2 Å². The predicted molar refractivity (Wildman–Crippen MR) is 134 cm³/mol. The van der Waals surface area contributed by atoms with Gasteiger partial charge in [-0.2, -0.15) is 0 Å². The smallest absolute Gasteiger partial charge is 0.354 e. The Bertz CT molecular complexity index is 1710. The molecule has 2 heterocycles. The number of nitrogens with zero attached hydrogens (tertiary/aromatic N) is 1. The van der Waals surface area contributed by atoms with E-state index in [9.17, 15) is 19.1 Å². The number of methoxy groups -OCH3 is 1. The number of halogens is 2. The summed E-state index contributed by atoms with van der Waals surface area (Å²) in [7, 11) is 1.49. The topological polar surface area (TPSA) is 81.7 Å². The molecule has 2 aromatic heterocycles. The van der Waals surface area contributed by atoms with E-state index in [0.717, 1.165) is 11.8 Å². The van der Waals surface area contributed by atoms with Crippen LogP contribution in [0.1, 0.15) is 5.56 Å². The number of hydrogen-bond donors (Lipinski definition) is 1. The van der Waals surface area contributed by atoms with Crippen LogP contribution >= 0.6 is 23.4 Å². The molecule has 6 nitrogen and oxygen atoms in total. The van der Waals surface area contributed by atoms with E-state index in [4.69, 9.17) is 20.8 Å². The van der Waals surface area contributed by atoms with Crippen molar-refractivity contribution in [2.45, 2.75) is 16.3 Å². The van der Waals surface area contributed by atoms with Crippen molar-refractivity contribution in [1.29, 1.82) is 0 Å². The molecule has 0 aliphatic rings. The molecule has 3 aromatic carbocycles. The van der Waals surface area contributed by atoms with Gasteiger partial charge in [0.05, 0.1) is 19.2 Å². The Balaban J connectivity index is 1.80. The van der Waals surface area contributed by atoms with Gasteiger partial charge in [-0.05, 0) is 54.1 Å². The first kappa shape index (κ1) is 23.0. The van der Waals surface area contributed by atoms with E-state index in [1.165, 1.54) is 23.8 Å². The van der Waals surface area contributed by atoms with E-state index in [-0.39, 0.29) is 22.4 Å². The number of aromatic nitrogens is 1. The van der Waals surface area contributed by atoms with Crippen LogP contribution in [0.4, 0.5) is 4.39 Å². The van der Waals surface area contributed by atoms with E-state index in [1.807, 2.05) is 0 Å². The van der Waals surface area contributed by atoms with E-state index in [1.54, 1.807) is 54.6 Å². The standard InChI is InChI=1S/C26H17ClFNO5S/c1-33-17-7-10-19-20(12-17)29(13-14-3-2-4-16(28)11-14)25(31)21-22(30)24(26(32)34-23(19)21)35-18-8-5-15(27)6-9-18/h2-12,30H,13H2,1H3. The monoisotopic (exact) mass is 509 g/mol. The van der Waals surface area contributed by atoms with Crippen LogP contribution in [0, 0.1) is 5.82 Å². The zero-order valence-corrected chi connectivity index (χ0v) is 19.8. The summed E-state index contributed by atoms with van der Waals surface area (Å²) in [5.41, 5.74) is -0.459. The fraction of sp³-hybridized carbons (Fsp3) is 0.0769. The van der Waals surface area contributed by atoms with Crippen LogP contribution in [0.25, 0.3) is 21.9 Å². The highest BCUT2D eigenvalue weighted by Gasteiger charge is 2.23. The molecule has 0 saturated heterocycles. The molecule has 5 rings (SSSR count). The van der Waals surface area contributed by atoms with Gasteiger partial charge in [-0.3, -0.25) is 4.79 Å². The van der Waals surface area contributed by atoms with Crippen molar-refractivity contribution in [2.75, 3.05) is 7.11 Å². The zero-order valence-electron chi connectivity index (χ0n) is 18.2. The van der Waals surface area contributed by atoms with Crippen molar-refractivity contribution in [3.8, 4) is 11.5 Å². The molecule has 0 saturated carbocycles. The fourth-order valence-corrected chi connectivity index (χ4v) is 4.84. The molecule has 0 atom stereocenters. The highest BCUT2D eigenvalue weighted by atomic mass is 35.5. The predicted octanol–water partition coefficient (Wildman–Crippen LogP) is 5.81. The number of benzene rings is 3. The number of fused-ring (bicyclic) bond motifs is 3. The van der Waals surface area contributed by atoms with Gasteiger partial charge < -0.3 is 18.8 Å². The Morgan fingerprint density at radius 1 is 1.09 bits per heavy atom. The summed E-state index contributed by atoms with van der Waals surface area (Å²) in [5.74, 6) is -0.439. The molecule has 1 N–H and O–H groups in total. The third-order valence-electron chi connectivity index (χ3n) is 5.52. The molecule has 0 unspecified atom stereocenters. The van der Waals surface area contributed by atoms with Crippen LogP contribution in [0.3, 0.4) is 0 Å². The average molecular weight is 510 g/mol. The maximum absolute atomic E-state index is 13.8. The lowest BCUT2D eigenvalue weighted by Gasteiger charge is -2.15. The van der Waals surface area contributed by atoms with Gasteiger partial charge in [-0.25, -0.2) is 9.18 Å². The largest absolute Gasteiger partial charge is 0.505 e.